The summed E-state index contributed by atoms with van der Waals surface area (Å²) in [4.78, 5) is 29.5. The van der Waals surface area contributed by atoms with Crippen LogP contribution in [0.5, 0.6) is 0 Å². The Bertz CT molecular complexity index is 525. The molecule has 0 bridgehead atoms. The average molecular weight is 341 g/mol. The number of aromatic nitrogens is 1. The molecule has 0 saturated carbocycles. The van der Waals surface area contributed by atoms with E-state index >= 15 is 0 Å². The van der Waals surface area contributed by atoms with Crippen molar-refractivity contribution in [1.82, 2.24) is 9.88 Å². The lowest BCUT2D eigenvalue weighted by Gasteiger charge is -2.38. The summed E-state index contributed by atoms with van der Waals surface area (Å²) < 4.78 is 0.619. The Morgan fingerprint density at radius 2 is 2.05 bits per heavy atom. The molecule has 5 nitrogen and oxygen atoms in total. The van der Waals surface area contributed by atoms with E-state index in [9.17, 15) is 14.7 Å². The number of carboxylic acids is 1. The maximum atomic E-state index is 12.3. The molecule has 1 aliphatic heterocycles. The van der Waals surface area contributed by atoms with Crippen LogP contribution < -0.4 is 0 Å². The monoisotopic (exact) mass is 340 g/mol. The second kappa shape index (κ2) is 5.91. The van der Waals surface area contributed by atoms with Crippen molar-refractivity contribution < 1.29 is 14.7 Å². The van der Waals surface area contributed by atoms with E-state index in [0.717, 1.165) is 0 Å². The molecule has 0 unspecified atom stereocenters. The number of carbonyl (C=O) groups is 2. The van der Waals surface area contributed by atoms with E-state index in [2.05, 4.69) is 20.9 Å². The Labute approximate surface area is 126 Å². The first-order valence-corrected chi connectivity index (χ1v) is 7.43. The molecule has 1 aliphatic rings. The number of amides is 1. The van der Waals surface area contributed by atoms with Crippen LogP contribution in [0.4, 0.5) is 0 Å². The third-order valence-corrected chi connectivity index (χ3v) is 4.51. The lowest BCUT2D eigenvalue weighted by molar-refractivity contribution is -0.152. The summed E-state index contributed by atoms with van der Waals surface area (Å²) in [5.41, 5.74) is -0.291. The number of halogens is 1. The molecular formula is C14H17BrN2O3. The second-order valence-electron chi connectivity index (χ2n) is 5.08. The van der Waals surface area contributed by atoms with Crippen molar-refractivity contribution in [2.45, 2.75) is 26.2 Å². The molecule has 1 fully saturated rings. The summed E-state index contributed by atoms with van der Waals surface area (Å²) >= 11 is 3.24. The van der Waals surface area contributed by atoms with Gasteiger partial charge in [0.05, 0.1) is 5.41 Å². The van der Waals surface area contributed by atoms with Gasteiger partial charge in [-0.25, -0.2) is 4.98 Å². The Morgan fingerprint density at radius 1 is 1.40 bits per heavy atom. The van der Waals surface area contributed by atoms with Gasteiger partial charge in [0.1, 0.15) is 10.3 Å². The Morgan fingerprint density at radius 3 is 2.55 bits per heavy atom. The number of nitrogens with zero attached hydrogens (tertiary/aromatic N) is 2. The van der Waals surface area contributed by atoms with E-state index in [1.807, 2.05) is 6.92 Å². The molecule has 2 rings (SSSR count). The van der Waals surface area contributed by atoms with Crippen molar-refractivity contribution in [3.8, 4) is 0 Å². The van der Waals surface area contributed by atoms with E-state index in [4.69, 9.17) is 0 Å². The third-order valence-electron chi connectivity index (χ3n) is 4.07. The second-order valence-corrected chi connectivity index (χ2v) is 5.89. The predicted octanol–water partition coefficient (Wildman–Crippen LogP) is 2.56. The molecule has 1 saturated heterocycles. The minimum absolute atomic E-state index is 0.138. The summed E-state index contributed by atoms with van der Waals surface area (Å²) in [6, 6.07) is 5.20. The van der Waals surface area contributed by atoms with Crippen LogP contribution in [0.3, 0.4) is 0 Å². The number of piperidine rings is 1. The molecule has 0 radical (unpaired) electrons. The quantitative estimate of drug-likeness (QED) is 0.858. The summed E-state index contributed by atoms with van der Waals surface area (Å²) in [6.07, 6.45) is 1.59. The van der Waals surface area contributed by atoms with Gasteiger partial charge in [0.25, 0.3) is 5.91 Å². The number of rotatable bonds is 3. The lowest BCUT2D eigenvalue weighted by Crippen LogP contribution is -2.46. The van der Waals surface area contributed by atoms with Crippen LogP contribution in [-0.4, -0.2) is 40.0 Å². The average Bonchev–Trinajstić information content (AvgIpc) is 2.46. The maximum absolute atomic E-state index is 12.3. The van der Waals surface area contributed by atoms with Crippen LogP contribution in [0.1, 0.15) is 36.7 Å². The molecular weight excluding hydrogens is 324 g/mol. The van der Waals surface area contributed by atoms with Gasteiger partial charge < -0.3 is 10.0 Å². The SMILES string of the molecule is CCC1(C(=O)O)CCN(C(=O)c2cccc(Br)n2)CC1. The first-order valence-electron chi connectivity index (χ1n) is 6.64. The van der Waals surface area contributed by atoms with E-state index < -0.39 is 11.4 Å². The van der Waals surface area contributed by atoms with Gasteiger partial charge in [0.15, 0.2) is 0 Å². The molecule has 108 valence electrons. The van der Waals surface area contributed by atoms with Gasteiger partial charge in [-0.05, 0) is 47.3 Å². The molecule has 1 aromatic rings. The first kappa shape index (κ1) is 15.0. The van der Waals surface area contributed by atoms with Crippen LogP contribution >= 0.6 is 15.9 Å². The number of pyridine rings is 1. The van der Waals surface area contributed by atoms with Gasteiger partial charge in [0.2, 0.25) is 0 Å². The summed E-state index contributed by atoms with van der Waals surface area (Å²) in [7, 11) is 0. The molecule has 0 aliphatic carbocycles. The molecule has 1 amide bonds. The van der Waals surface area contributed by atoms with Crippen molar-refractivity contribution in [1.29, 1.82) is 0 Å². The number of carbonyl (C=O) groups excluding carboxylic acids is 1. The summed E-state index contributed by atoms with van der Waals surface area (Å²) in [6.45, 7) is 2.82. The highest BCUT2D eigenvalue weighted by Gasteiger charge is 2.41. The Hall–Kier alpha value is -1.43. The van der Waals surface area contributed by atoms with Gasteiger partial charge in [-0.3, -0.25) is 9.59 Å². The molecule has 1 aromatic heterocycles. The van der Waals surface area contributed by atoms with Crippen LogP contribution in [0.2, 0.25) is 0 Å². The van der Waals surface area contributed by atoms with Gasteiger partial charge >= 0.3 is 5.97 Å². The van der Waals surface area contributed by atoms with E-state index in [1.165, 1.54) is 0 Å². The van der Waals surface area contributed by atoms with Crippen LogP contribution in [0.15, 0.2) is 22.8 Å². The molecule has 0 aromatic carbocycles. The molecule has 6 heteroatoms. The highest BCUT2D eigenvalue weighted by atomic mass is 79.9. The van der Waals surface area contributed by atoms with E-state index in [1.54, 1.807) is 23.1 Å². The van der Waals surface area contributed by atoms with Crippen LogP contribution in [-0.2, 0) is 4.79 Å². The smallest absolute Gasteiger partial charge is 0.309 e. The molecule has 20 heavy (non-hydrogen) atoms. The zero-order chi connectivity index (χ0) is 14.8. The van der Waals surface area contributed by atoms with E-state index in [0.29, 0.717) is 42.6 Å². The fraction of sp³-hybridized carbons (Fsp3) is 0.500. The minimum atomic E-state index is -0.757. The molecule has 0 atom stereocenters. The van der Waals surface area contributed by atoms with Gasteiger partial charge in [-0.2, -0.15) is 0 Å². The van der Waals surface area contributed by atoms with Crippen molar-refractivity contribution in [2.24, 2.45) is 5.41 Å². The maximum Gasteiger partial charge on any atom is 0.309 e. The Kier molecular flexibility index (Phi) is 4.42. The summed E-state index contributed by atoms with van der Waals surface area (Å²) in [5, 5.41) is 9.35. The van der Waals surface area contributed by atoms with Crippen LogP contribution in [0.25, 0.3) is 0 Å². The summed E-state index contributed by atoms with van der Waals surface area (Å²) in [5.74, 6) is -0.894. The topological polar surface area (TPSA) is 70.5 Å². The number of hydrogen-bond acceptors (Lipinski definition) is 3. The standard InChI is InChI=1S/C14H17BrN2O3/c1-2-14(13(19)20)6-8-17(9-7-14)12(18)10-4-3-5-11(15)16-10/h3-5H,2,6-9H2,1H3,(H,19,20). The highest BCUT2D eigenvalue weighted by molar-refractivity contribution is 9.10. The number of likely N-dealkylation sites (tertiary alicyclic amines) is 1. The molecule has 2 heterocycles. The van der Waals surface area contributed by atoms with Crippen molar-refractivity contribution >= 4 is 27.8 Å². The zero-order valence-electron chi connectivity index (χ0n) is 11.3. The fourth-order valence-corrected chi connectivity index (χ4v) is 2.89. The predicted molar refractivity (Wildman–Crippen MR) is 77.4 cm³/mol. The zero-order valence-corrected chi connectivity index (χ0v) is 12.9. The van der Waals surface area contributed by atoms with Crippen LogP contribution in [0, 0.1) is 5.41 Å². The highest BCUT2D eigenvalue weighted by Crippen LogP contribution is 2.35. The number of carboxylic acid groups (broad SMARTS) is 1. The van der Waals surface area contributed by atoms with Crippen molar-refractivity contribution in [3.05, 3.63) is 28.5 Å². The van der Waals surface area contributed by atoms with Crippen molar-refractivity contribution in [2.75, 3.05) is 13.1 Å². The number of hydrogen-bond donors (Lipinski definition) is 1. The van der Waals surface area contributed by atoms with Gasteiger partial charge in [0, 0.05) is 13.1 Å². The van der Waals surface area contributed by atoms with Gasteiger partial charge in [-0.15, -0.1) is 0 Å². The third kappa shape index (κ3) is 2.85. The largest absolute Gasteiger partial charge is 0.481 e. The van der Waals surface area contributed by atoms with Gasteiger partial charge in [-0.1, -0.05) is 13.0 Å². The van der Waals surface area contributed by atoms with Crippen molar-refractivity contribution in [3.63, 3.8) is 0 Å². The minimum Gasteiger partial charge on any atom is -0.481 e. The molecule has 0 spiro atoms. The lowest BCUT2D eigenvalue weighted by atomic mass is 9.76. The normalized spacial score (nSPS) is 17.8. The first-order chi connectivity index (χ1) is 9.48. The van der Waals surface area contributed by atoms with E-state index in [-0.39, 0.29) is 5.91 Å². The number of aliphatic carboxylic acids is 1. The molecule has 1 N–H and O–H groups in total. The fourth-order valence-electron chi connectivity index (χ4n) is 2.55. The Balaban J connectivity index is 2.07.